The van der Waals surface area contributed by atoms with Gasteiger partial charge >= 0.3 is 6.09 Å². The van der Waals surface area contributed by atoms with Crippen molar-refractivity contribution >= 4 is 47.7 Å². The summed E-state index contributed by atoms with van der Waals surface area (Å²) in [7, 11) is 6.53. The van der Waals surface area contributed by atoms with E-state index in [-0.39, 0.29) is 24.8 Å². The Kier molecular flexibility index (Phi) is 7.64. The van der Waals surface area contributed by atoms with E-state index in [9.17, 15) is 9.59 Å². The van der Waals surface area contributed by atoms with E-state index in [1.807, 2.05) is 42.5 Å². The summed E-state index contributed by atoms with van der Waals surface area (Å²) in [6, 6.07) is 13.4. The maximum Gasteiger partial charge on any atom is 0.407 e. The molecule has 0 fully saturated rings. The van der Waals surface area contributed by atoms with Crippen LogP contribution in [0.1, 0.15) is 36.0 Å². The van der Waals surface area contributed by atoms with Crippen molar-refractivity contribution in [1.82, 2.24) is 20.6 Å². The Labute approximate surface area is 214 Å². The number of rotatable bonds is 8. The van der Waals surface area contributed by atoms with E-state index in [1.165, 1.54) is 11.3 Å². The smallest absolute Gasteiger partial charge is 0.407 e. The van der Waals surface area contributed by atoms with E-state index in [1.54, 1.807) is 33.2 Å². The number of alkyl carbamates (subject to hydrolysis) is 1. The molecule has 3 aromatic heterocycles. The number of H-pyrrole nitrogens is 1. The summed E-state index contributed by atoms with van der Waals surface area (Å²) in [6.45, 7) is 6.02. The number of benzene rings is 1. The molecule has 1 aromatic carbocycles. The van der Waals surface area contributed by atoms with Gasteiger partial charge in [-0.3, -0.25) is 4.79 Å². The maximum atomic E-state index is 13.2. The number of thiophene rings is 1. The topological polar surface area (TPSA) is 105 Å². The summed E-state index contributed by atoms with van der Waals surface area (Å²) < 4.78 is 11.2. The van der Waals surface area contributed by atoms with Crippen molar-refractivity contribution in [3.8, 4) is 16.2 Å². The first-order chi connectivity index (χ1) is 17.2. The molecule has 36 heavy (non-hydrogen) atoms. The van der Waals surface area contributed by atoms with E-state index >= 15 is 0 Å². The molecule has 8 nitrogen and oxygen atoms in total. The first-order valence-electron chi connectivity index (χ1n) is 11.5. The van der Waals surface area contributed by atoms with Crippen molar-refractivity contribution in [3.05, 3.63) is 65.3 Å². The van der Waals surface area contributed by atoms with Gasteiger partial charge in [-0.1, -0.05) is 30.3 Å². The lowest BCUT2D eigenvalue weighted by molar-refractivity contribution is 0.0520. The minimum atomic E-state index is -0.601. The molecule has 2 radical (unpaired) electrons. The Morgan fingerprint density at radius 3 is 2.64 bits per heavy atom. The van der Waals surface area contributed by atoms with Crippen LogP contribution in [0.25, 0.3) is 21.5 Å². The first kappa shape index (κ1) is 25.3. The zero-order valence-electron chi connectivity index (χ0n) is 20.4. The number of amides is 2. The van der Waals surface area contributed by atoms with E-state index in [0.717, 1.165) is 22.2 Å². The molecule has 3 N–H and O–H groups in total. The van der Waals surface area contributed by atoms with E-state index in [0.29, 0.717) is 21.8 Å². The lowest BCUT2D eigenvalue weighted by atomic mass is 9.92. The number of hydrogen-bond acceptors (Lipinski definition) is 6. The molecule has 184 valence electrons. The SMILES string of the molecule is [B]c1c(-c2ccnc3[nH]ccc23)sc(C(=O)NCc2ccccc2)c1OCCNC(=O)OC(C)(C)C. The molecule has 0 unspecified atom stereocenters. The van der Waals surface area contributed by atoms with Gasteiger partial charge in [-0.15, -0.1) is 11.3 Å². The number of carbonyl (C=O) groups is 2. The minimum absolute atomic E-state index is 0.106. The fourth-order valence-electron chi connectivity index (χ4n) is 3.56. The van der Waals surface area contributed by atoms with Crippen molar-refractivity contribution in [2.24, 2.45) is 0 Å². The predicted octanol–water partition coefficient (Wildman–Crippen LogP) is 3.92. The zero-order chi connectivity index (χ0) is 25.7. The van der Waals surface area contributed by atoms with Crippen molar-refractivity contribution in [2.75, 3.05) is 13.2 Å². The average Bonchev–Trinajstić information content (AvgIpc) is 3.44. The molecule has 10 heteroatoms. The standard InChI is InChI=1S/C26H27BN4O4S/c1-26(2,3)35-25(33)30-13-14-34-20-19(27)21(17-9-11-28-23-18(17)10-12-29-23)36-22(20)24(32)31-15-16-7-5-4-6-8-16/h4-12H,13-15H2,1-3H3,(H,28,29)(H,30,33)(H,31,32). The molecule has 0 bridgehead atoms. The van der Waals surface area contributed by atoms with Gasteiger partial charge in [0.1, 0.15) is 36.3 Å². The van der Waals surface area contributed by atoms with Crippen molar-refractivity contribution < 1.29 is 19.1 Å². The molecule has 0 aliphatic heterocycles. The van der Waals surface area contributed by atoms with Gasteiger partial charge in [0.25, 0.3) is 5.91 Å². The van der Waals surface area contributed by atoms with Crippen molar-refractivity contribution in [2.45, 2.75) is 32.9 Å². The third-order valence-electron chi connectivity index (χ3n) is 5.12. The zero-order valence-corrected chi connectivity index (χ0v) is 21.2. The van der Waals surface area contributed by atoms with Crippen LogP contribution in [-0.2, 0) is 11.3 Å². The number of fused-ring (bicyclic) bond motifs is 1. The normalized spacial score (nSPS) is 11.3. The van der Waals surface area contributed by atoms with E-state index in [2.05, 4.69) is 20.6 Å². The minimum Gasteiger partial charge on any atom is -0.491 e. The average molecular weight is 502 g/mol. The van der Waals surface area contributed by atoms with Crippen LogP contribution in [0.4, 0.5) is 4.79 Å². The predicted molar refractivity (Wildman–Crippen MR) is 142 cm³/mol. The summed E-state index contributed by atoms with van der Waals surface area (Å²) in [5.74, 6) is -0.0108. The second-order valence-corrected chi connectivity index (χ2v) is 10.1. The molecule has 0 aliphatic carbocycles. The lowest BCUT2D eigenvalue weighted by Gasteiger charge is -2.19. The Morgan fingerprint density at radius 1 is 1.11 bits per heavy atom. The summed E-state index contributed by atoms with van der Waals surface area (Å²) in [5, 5.41) is 6.48. The molecule has 0 atom stereocenters. The largest absolute Gasteiger partial charge is 0.491 e. The van der Waals surface area contributed by atoms with Gasteiger partial charge in [-0.25, -0.2) is 9.78 Å². The van der Waals surface area contributed by atoms with Gasteiger partial charge in [-0.05, 0) is 43.9 Å². The highest BCUT2D eigenvalue weighted by Crippen LogP contribution is 2.36. The Morgan fingerprint density at radius 2 is 1.89 bits per heavy atom. The Balaban J connectivity index is 1.56. The van der Waals surface area contributed by atoms with E-state index in [4.69, 9.17) is 17.3 Å². The summed E-state index contributed by atoms with van der Waals surface area (Å²) in [6.07, 6.45) is 2.95. The molecule has 4 rings (SSSR count). The molecule has 0 aliphatic rings. The number of nitrogens with one attached hydrogen (secondary N) is 3. The summed E-state index contributed by atoms with van der Waals surface area (Å²) in [4.78, 5) is 33.6. The fourth-order valence-corrected chi connectivity index (χ4v) is 4.68. The highest BCUT2D eigenvalue weighted by Gasteiger charge is 2.24. The van der Waals surface area contributed by atoms with Crippen molar-refractivity contribution in [1.29, 1.82) is 0 Å². The highest BCUT2D eigenvalue weighted by atomic mass is 32.1. The second-order valence-electron chi connectivity index (χ2n) is 9.05. The van der Waals surface area contributed by atoms with Crippen LogP contribution in [0.15, 0.2) is 54.9 Å². The number of carbonyl (C=O) groups excluding carboxylic acids is 2. The molecular formula is C26H27BN4O4S. The van der Waals surface area contributed by atoms with Gasteiger partial charge in [0.05, 0.1) is 6.54 Å². The first-order valence-corrected chi connectivity index (χ1v) is 12.3. The van der Waals surface area contributed by atoms with Crippen LogP contribution in [0.5, 0.6) is 5.75 Å². The Bertz CT molecular complexity index is 1360. The second kappa shape index (κ2) is 10.9. The van der Waals surface area contributed by atoms with Gasteiger partial charge in [0.15, 0.2) is 0 Å². The van der Waals surface area contributed by atoms with E-state index < -0.39 is 11.7 Å². The number of pyridine rings is 1. The number of aromatic amines is 1. The number of aromatic nitrogens is 2. The third-order valence-corrected chi connectivity index (χ3v) is 6.34. The number of ether oxygens (including phenoxy) is 2. The fraction of sp³-hybridized carbons (Fsp3) is 0.269. The van der Waals surface area contributed by atoms with Crippen LogP contribution in [0.2, 0.25) is 0 Å². The molecule has 0 spiro atoms. The maximum absolute atomic E-state index is 13.2. The third kappa shape index (κ3) is 6.06. The van der Waals surface area contributed by atoms with Crippen LogP contribution >= 0.6 is 11.3 Å². The van der Waals surface area contributed by atoms with Crippen LogP contribution in [0.3, 0.4) is 0 Å². The number of nitrogens with zero attached hydrogens (tertiary/aromatic N) is 1. The van der Waals surface area contributed by atoms with Crippen LogP contribution < -0.4 is 20.8 Å². The molecule has 0 saturated carbocycles. The van der Waals surface area contributed by atoms with Gasteiger partial charge in [-0.2, -0.15) is 0 Å². The summed E-state index contributed by atoms with van der Waals surface area (Å²) in [5.41, 5.74) is 2.30. The molecular weight excluding hydrogens is 475 g/mol. The lowest BCUT2D eigenvalue weighted by Crippen LogP contribution is -2.35. The van der Waals surface area contributed by atoms with Crippen LogP contribution in [0, 0.1) is 0 Å². The van der Waals surface area contributed by atoms with Gasteiger partial charge in [0, 0.05) is 34.8 Å². The van der Waals surface area contributed by atoms with Gasteiger partial charge in [0.2, 0.25) is 0 Å². The molecule has 2 amide bonds. The highest BCUT2D eigenvalue weighted by molar-refractivity contribution is 7.19. The van der Waals surface area contributed by atoms with Gasteiger partial charge < -0.3 is 25.1 Å². The monoisotopic (exact) mass is 502 g/mol. The Hall–Kier alpha value is -3.79. The quantitative estimate of drug-likeness (QED) is 0.250. The van der Waals surface area contributed by atoms with Crippen LogP contribution in [-0.4, -0.2) is 48.6 Å². The molecule has 4 aromatic rings. The van der Waals surface area contributed by atoms with Crippen molar-refractivity contribution in [3.63, 3.8) is 0 Å². The molecule has 0 saturated heterocycles. The number of hydrogen-bond donors (Lipinski definition) is 3. The molecule has 3 heterocycles. The summed E-state index contributed by atoms with van der Waals surface area (Å²) >= 11 is 1.26.